The number of benzene rings is 1. The number of hydrogen-bond acceptors (Lipinski definition) is 5. The van der Waals surface area contributed by atoms with E-state index < -0.39 is 0 Å². The molecule has 19 heavy (non-hydrogen) atoms. The summed E-state index contributed by atoms with van der Waals surface area (Å²) in [5.74, 6) is 0.700. The summed E-state index contributed by atoms with van der Waals surface area (Å²) in [6, 6.07) is 5.60. The van der Waals surface area contributed by atoms with Crippen LogP contribution in [-0.2, 0) is 11.3 Å². The highest BCUT2D eigenvalue weighted by Crippen LogP contribution is 2.21. The number of oxazole rings is 1. The molecule has 0 saturated heterocycles. The molecule has 0 saturated carbocycles. The standard InChI is InChI=1S/C14H21N3O2/c1-3-17(8-9-18-4-2)10-13-16-14-11(15)6-5-7-12(14)19-13/h5-7H,3-4,8-10,15H2,1-2H3. The molecule has 0 atom stereocenters. The van der Waals surface area contributed by atoms with E-state index in [-0.39, 0.29) is 0 Å². The number of rotatable bonds is 7. The maximum atomic E-state index is 5.87. The summed E-state index contributed by atoms with van der Waals surface area (Å²) in [5, 5.41) is 0. The number of aromatic nitrogens is 1. The lowest BCUT2D eigenvalue weighted by Gasteiger charge is -2.17. The molecule has 104 valence electrons. The number of anilines is 1. The minimum absolute atomic E-state index is 0.657. The van der Waals surface area contributed by atoms with E-state index in [2.05, 4.69) is 16.8 Å². The topological polar surface area (TPSA) is 64.5 Å². The van der Waals surface area contributed by atoms with Crippen molar-refractivity contribution >= 4 is 16.8 Å². The van der Waals surface area contributed by atoms with Crippen LogP contribution in [0.2, 0.25) is 0 Å². The maximum Gasteiger partial charge on any atom is 0.209 e. The second kappa shape index (κ2) is 6.54. The van der Waals surface area contributed by atoms with Gasteiger partial charge in [-0.15, -0.1) is 0 Å². The van der Waals surface area contributed by atoms with E-state index in [0.29, 0.717) is 18.1 Å². The van der Waals surface area contributed by atoms with Crippen molar-refractivity contribution in [1.29, 1.82) is 0 Å². The number of para-hydroxylation sites is 1. The molecule has 0 aliphatic heterocycles. The van der Waals surface area contributed by atoms with Crippen LogP contribution < -0.4 is 5.73 Å². The average molecular weight is 263 g/mol. The molecule has 0 aliphatic carbocycles. The van der Waals surface area contributed by atoms with Crippen molar-refractivity contribution in [2.45, 2.75) is 20.4 Å². The van der Waals surface area contributed by atoms with E-state index >= 15 is 0 Å². The Kier molecular flexibility index (Phi) is 4.76. The van der Waals surface area contributed by atoms with Crippen LogP contribution in [0.1, 0.15) is 19.7 Å². The monoisotopic (exact) mass is 263 g/mol. The van der Waals surface area contributed by atoms with Gasteiger partial charge in [0.2, 0.25) is 5.89 Å². The molecule has 2 N–H and O–H groups in total. The first-order valence-electron chi connectivity index (χ1n) is 6.68. The molecule has 0 aliphatic rings. The Morgan fingerprint density at radius 1 is 1.37 bits per heavy atom. The van der Waals surface area contributed by atoms with E-state index in [1.54, 1.807) is 0 Å². The van der Waals surface area contributed by atoms with Gasteiger partial charge in [0.1, 0.15) is 5.52 Å². The second-order valence-corrected chi connectivity index (χ2v) is 4.37. The highest BCUT2D eigenvalue weighted by Gasteiger charge is 2.11. The summed E-state index contributed by atoms with van der Waals surface area (Å²) in [4.78, 5) is 6.69. The highest BCUT2D eigenvalue weighted by molar-refractivity contribution is 5.85. The first-order chi connectivity index (χ1) is 9.24. The molecule has 1 aromatic heterocycles. The minimum atomic E-state index is 0.657. The predicted octanol–water partition coefficient (Wildman–Crippen LogP) is 2.27. The highest BCUT2D eigenvalue weighted by atomic mass is 16.5. The Hall–Kier alpha value is -1.59. The summed E-state index contributed by atoms with van der Waals surface area (Å²) >= 11 is 0. The zero-order valence-electron chi connectivity index (χ0n) is 11.6. The fourth-order valence-corrected chi connectivity index (χ4v) is 1.96. The van der Waals surface area contributed by atoms with Crippen LogP contribution in [0.4, 0.5) is 5.69 Å². The first kappa shape index (κ1) is 13.8. The largest absolute Gasteiger partial charge is 0.439 e. The van der Waals surface area contributed by atoms with E-state index in [1.807, 2.05) is 25.1 Å². The third kappa shape index (κ3) is 3.45. The molecule has 0 spiro atoms. The smallest absolute Gasteiger partial charge is 0.209 e. The molecule has 0 unspecified atom stereocenters. The number of nitrogens with two attached hydrogens (primary N) is 1. The Morgan fingerprint density at radius 3 is 2.89 bits per heavy atom. The summed E-state index contributed by atoms with van der Waals surface area (Å²) in [6.45, 7) is 8.07. The number of nitrogen functional groups attached to an aromatic ring is 1. The van der Waals surface area contributed by atoms with E-state index in [1.165, 1.54) is 0 Å². The van der Waals surface area contributed by atoms with Crippen LogP contribution >= 0.6 is 0 Å². The molecular weight excluding hydrogens is 242 g/mol. The molecule has 0 amide bonds. The van der Waals surface area contributed by atoms with Gasteiger partial charge in [-0.3, -0.25) is 4.90 Å². The Morgan fingerprint density at radius 2 is 2.21 bits per heavy atom. The maximum absolute atomic E-state index is 5.87. The van der Waals surface area contributed by atoms with Crippen LogP contribution in [0.3, 0.4) is 0 Å². The second-order valence-electron chi connectivity index (χ2n) is 4.37. The van der Waals surface area contributed by atoms with Gasteiger partial charge in [-0.1, -0.05) is 13.0 Å². The van der Waals surface area contributed by atoms with Gasteiger partial charge in [-0.25, -0.2) is 4.98 Å². The molecule has 2 rings (SSSR count). The van der Waals surface area contributed by atoms with Gasteiger partial charge in [0.05, 0.1) is 18.8 Å². The molecule has 0 radical (unpaired) electrons. The molecular formula is C14H21N3O2. The summed E-state index contributed by atoms with van der Waals surface area (Å²) in [6.07, 6.45) is 0. The molecule has 5 heteroatoms. The van der Waals surface area contributed by atoms with Crippen molar-refractivity contribution in [1.82, 2.24) is 9.88 Å². The van der Waals surface area contributed by atoms with Crippen LogP contribution in [0.15, 0.2) is 22.6 Å². The van der Waals surface area contributed by atoms with E-state index in [4.69, 9.17) is 14.9 Å². The van der Waals surface area contributed by atoms with Crippen LogP contribution in [-0.4, -0.2) is 36.2 Å². The first-order valence-corrected chi connectivity index (χ1v) is 6.68. The average Bonchev–Trinajstić information content (AvgIpc) is 2.82. The third-order valence-corrected chi connectivity index (χ3v) is 3.06. The van der Waals surface area contributed by atoms with Gasteiger partial charge in [-0.05, 0) is 25.6 Å². The van der Waals surface area contributed by atoms with Crippen molar-refractivity contribution in [3.8, 4) is 0 Å². The number of ether oxygens (including phenoxy) is 1. The third-order valence-electron chi connectivity index (χ3n) is 3.06. The van der Waals surface area contributed by atoms with Crippen molar-refractivity contribution < 1.29 is 9.15 Å². The van der Waals surface area contributed by atoms with Crippen LogP contribution in [0.25, 0.3) is 11.1 Å². The summed E-state index contributed by atoms with van der Waals surface area (Å²) in [5.41, 5.74) is 8.03. The fourth-order valence-electron chi connectivity index (χ4n) is 1.96. The number of likely N-dealkylation sites (N-methyl/N-ethyl adjacent to an activating group) is 1. The van der Waals surface area contributed by atoms with E-state index in [0.717, 1.165) is 37.4 Å². The summed E-state index contributed by atoms with van der Waals surface area (Å²) < 4.78 is 11.1. The zero-order chi connectivity index (χ0) is 13.7. The van der Waals surface area contributed by atoms with Crippen molar-refractivity contribution in [2.75, 3.05) is 32.0 Å². The van der Waals surface area contributed by atoms with Crippen molar-refractivity contribution in [3.63, 3.8) is 0 Å². The Balaban J connectivity index is 2.05. The van der Waals surface area contributed by atoms with Gasteiger partial charge in [0, 0.05) is 13.2 Å². The number of fused-ring (bicyclic) bond motifs is 1. The molecule has 1 aromatic carbocycles. The molecule has 1 heterocycles. The van der Waals surface area contributed by atoms with Crippen molar-refractivity contribution in [2.24, 2.45) is 0 Å². The Labute approximate surface area is 113 Å². The van der Waals surface area contributed by atoms with Gasteiger partial charge < -0.3 is 14.9 Å². The van der Waals surface area contributed by atoms with E-state index in [9.17, 15) is 0 Å². The molecule has 0 bridgehead atoms. The fraction of sp³-hybridized carbons (Fsp3) is 0.500. The lowest BCUT2D eigenvalue weighted by Crippen LogP contribution is -2.27. The van der Waals surface area contributed by atoms with Gasteiger partial charge in [0.15, 0.2) is 5.58 Å². The zero-order valence-corrected chi connectivity index (χ0v) is 11.6. The predicted molar refractivity (Wildman–Crippen MR) is 75.9 cm³/mol. The number of hydrogen-bond donors (Lipinski definition) is 1. The Bertz CT molecular complexity index is 524. The van der Waals surface area contributed by atoms with Crippen molar-refractivity contribution in [3.05, 3.63) is 24.1 Å². The van der Waals surface area contributed by atoms with Crippen LogP contribution in [0.5, 0.6) is 0 Å². The minimum Gasteiger partial charge on any atom is -0.439 e. The SMILES string of the molecule is CCOCCN(CC)Cc1nc2c(N)cccc2o1. The van der Waals surface area contributed by atoms with Gasteiger partial charge in [0.25, 0.3) is 0 Å². The lowest BCUT2D eigenvalue weighted by atomic mass is 10.3. The quantitative estimate of drug-likeness (QED) is 0.613. The molecule has 2 aromatic rings. The lowest BCUT2D eigenvalue weighted by molar-refractivity contribution is 0.109. The number of nitrogens with zero attached hydrogens (tertiary/aromatic N) is 2. The normalized spacial score (nSPS) is 11.5. The van der Waals surface area contributed by atoms with Gasteiger partial charge >= 0.3 is 0 Å². The molecule has 5 nitrogen and oxygen atoms in total. The van der Waals surface area contributed by atoms with Gasteiger partial charge in [-0.2, -0.15) is 0 Å². The molecule has 0 fully saturated rings. The summed E-state index contributed by atoms with van der Waals surface area (Å²) in [7, 11) is 0. The van der Waals surface area contributed by atoms with Crippen LogP contribution in [0, 0.1) is 0 Å².